The minimum atomic E-state index is -3.83. The van der Waals surface area contributed by atoms with Gasteiger partial charge in [0.25, 0.3) is 0 Å². The van der Waals surface area contributed by atoms with E-state index >= 15 is 0 Å². The van der Waals surface area contributed by atoms with E-state index in [2.05, 4.69) is 15.9 Å². The van der Waals surface area contributed by atoms with Crippen molar-refractivity contribution in [1.29, 1.82) is 0 Å². The Labute approximate surface area is 134 Å². The largest absolute Gasteiger partial charge is 0.478 e. The second-order valence-electron chi connectivity index (χ2n) is 5.08. The molecule has 0 radical (unpaired) electrons. The minimum Gasteiger partial charge on any atom is -0.271 e. The molecule has 0 saturated heterocycles. The molecule has 3 unspecified atom stereocenters. The molecule has 19 heavy (non-hydrogen) atoms. The van der Waals surface area contributed by atoms with Crippen molar-refractivity contribution in [3.63, 3.8) is 0 Å². The fourth-order valence-corrected chi connectivity index (χ4v) is 3.53. The third-order valence-corrected chi connectivity index (χ3v) is 6.42. The van der Waals surface area contributed by atoms with Gasteiger partial charge >= 0.3 is 7.82 Å². The molecule has 116 valence electrons. The lowest BCUT2D eigenvalue weighted by Crippen LogP contribution is -2.24. The molecule has 0 N–H and O–H groups in total. The standard InChI is InChI=1S/C11H22BrCl2O4P/c1-6-8(13)16-19(15,17-9(14)7-2)18-10(12)11(3,4)5/h8-10H,6-7H2,1-5H3. The van der Waals surface area contributed by atoms with Crippen LogP contribution in [-0.2, 0) is 18.1 Å². The van der Waals surface area contributed by atoms with E-state index in [0.717, 1.165) is 0 Å². The van der Waals surface area contributed by atoms with E-state index in [9.17, 15) is 4.57 Å². The summed E-state index contributed by atoms with van der Waals surface area (Å²) in [6.45, 7) is 9.37. The summed E-state index contributed by atoms with van der Waals surface area (Å²) in [6.07, 6.45) is 0.944. The maximum absolute atomic E-state index is 12.5. The molecule has 8 heteroatoms. The number of halogens is 3. The normalized spacial score (nSPS) is 20.6. The van der Waals surface area contributed by atoms with Crippen LogP contribution in [0.25, 0.3) is 0 Å². The van der Waals surface area contributed by atoms with Gasteiger partial charge in [0.1, 0.15) is 16.1 Å². The van der Waals surface area contributed by atoms with Gasteiger partial charge in [0.2, 0.25) is 0 Å². The first-order valence-corrected chi connectivity index (χ1v) is 9.36. The average Bonchev–Trinajstić information content (AvgIpc) is 2.26. The zero-order valence-electron chi connectivity index (χ0n) is 11.9. The number of alkyl halides is 3. The first kappa shape index (κ1) is 20.2. The maximum Gasteiger partial charge on any atom is 0.478 e. The van der Waals surface area contributed by atoms with Crippen molar-refractivity contribution < 1.29 is 18.1 Å². The Hall–Kier alpha value is 1.17. The average molecular weight is 400 g/mol. The van der Waals surface area contributed by atoms with Crippen molar-refractivity contribution in [2.45, 2.75) is 63.6 Å². The fraction of sp³-hybridized carbons (Fsp3) is 1.00. The highest BCUT2D eigenvalue weighted by Crippen LogP contribution is 2.56. The van der Waals surface area contributed by atoms with Crippen molar-refractivity contribution in [3.05, 3.63) is 0 Å². The van der Waals surface area contributed by atoms with Gasteiger partial charge in [0.05, 0.1) is 0 Å². The van der Waals surface area contributed by atoms with Gasteiger partial charge in [-0.1, -0.05) is 73.8 Å². The molecule has 0 aromatic carbocycles. The molecular formula is C11H22BrCl2O4P. The van der Waals surface area contributed by atoms with Crippen LogP contribution >= 0.6 is 47.0 Å². The molecule has 0 aromatic heterocycles. The first-order chi connectivity index (χ1) is 8.54. The molecule has 3 atom stereocenters. The van der Waals surface area contributed by atoms with Gasteiger partial charge in [0, 0.05) is 0 Å². The van der Waals surface area contributed by atoms with Gasteiger partial charge in [-0.15, -0.1) is 0 Å². The molecule has 0 aromatic rings. The van der Waals surface area contributed by atoms with Crippen molar-refractivity contribution in [1.82, 2.24) is 0 Å². The quantitative estimate of drug-likeness (QED) is 0.378. The van der Waals surface area contributed by atoms with Crippen LogP contribution in [0.2, 0.25) is 0 Å². The molecule has 0 aliphatic heterocycles. The Bertz CT molecular complexity index is 296. The van der Waals surface area contributed by atoms with Crippen LogP contribution in [0.4, 0.5) is 0 Å². The number of hydrogen-bond donors (Lipinski definition) is 0. The molecule has 0 rings (SSSR count). The molecule has 4 nitrogen and oxygen atoms in total. The molecule has 0 aliphatic rings. The molecule has 0 fully saturated rings. The van der Waals surface area contributed by atoms with Gasteiger partial charge in [0.15, 0.2) is 0 Å². The van der Waals surface area contributed by atoms with Crippen LogP contribution < -0.4 is 0 Å². The first-order valence-electron chi connectivity index (χ1n) is 6.11. The highest BCUT2D eigenvalue weighted by atomic mass is 79.9. The molecule has 0 aliphatic carbocycles. The van der Waals surface area contributed by atoms with Crippen molar-refractivity contribution >= 4 is 47.0 Å². The Kier molecular flexibility index (Phi) is 9.10. The Balaban J connectivity index is 4.90. The lowest BCUT2D eigenvalue weighted by molar-refractivity contribution is 0.0589. The van der Waals surface area contributed by atoms with Crippen molar-refractivity contribution in [2.75, 3.05) is 0 Å². The van der Waals surface area contributed by atoms with E-state index in [1.54, 1.807) is 13.8 Å². The number of rotatable bonds is 8. The molecule has 0 saturated carbocycles. The molecule has 0 amide bonds. The summed E-state index contributed by atoms with van der Waals surface area (Å²) in [5.74, 6) is 0. The van der Waals surface area contributed by atoms with Crippen LogP contribution in [0.1, 0.15) is 47.5 Å². The predicted molar refractivity (Wildman–Crippen MR) is 82.9 cm³/mol. The minimum absolute atomic E-state index is 0.287. The number of phosphoric acid groups is 1. The Morgan fingerprint density at radius 3 is 1.68 bits per heavy atom. The Morgan fingerprint density at radius 1 is 1.05 bits per heavy atom. The predicted octanol–water partition coefficient (Wildman–Crippen LogP) is 5.86. The van der Waals surface area contributed by atoms with Crippen LogP contribution in [0.3, 0.4) is 0 Å². The molecule has 0 heterocycles. The highest BCUT2D eigenvalue weighted by Gasteiger charge is 2.38. The third-order valence-electron chi connectivity index (χ3n) is 2.03. The summed E-state index contributed by atoms with van der Waals surface area (Å²) >= 11 is 15.0. The van der Waals surface area contributed by atoms with Gasteiger partial charge < -0.3 is 0 Å². The van der Waals surface area contributed by atoms with Crippen molar-refractivity contribution in [3.8, 4) is 0 Å². The van der Waals surface area contributed by atoms with Crippen LogP contribution in [0, 0.1) is 5.41 Å². The summed E-state index contributed by atoms with van der Waals surface area (Å²) in [5, 5.41) is -0.521. The molecule has 0 bridgehead atoms. The monoisotopic (exact) mass is 398 g/mol. The second kappa shape index (κ2) is 8.57. The van der Waals surface area contributed by atoms with E-state index in [4.69, 9.17) is 36.8 Å². The van der Waals surface area contributed by atoms with Crippen molar-refractivity contribution in [2.24, 2.45) is 5.41 Å². The summed E-state index contributed by atoms with van der Waals surface area (Å²) in [7, 11) is -3.83. The summed E-state index contributed by atoms with van der Waals surface area (Å²) < 4.78 is 28.3. The topological polar surface area (TPSA) is 44.8 Å². The van der Waals surface area contributed by atoms with Gasteiger partial charge in [-0.25, -0.2) is 4.57 Å². The van der Waals surface area contributed by atoms with Crippen LogP contribution in [0.15, 0.2) is 0 Å². The Morgan fingerprint density at radius 2 is 1.42 bits per heavy atom. The van der Waals surface area contributed by atoms with Gasteiger partial charge in [-0.3, -0.25) is 13.6 Å². The van der Waals surface area contributed by atoms with Crippen LogP contribution in [0.5, 0.6) is 0 Å². The summed E-state index contributed by atoms with van der Waals surface area (Å²) in [6, 6.07) is 0. The maximum atomic E-state index is 12.5. The third kappa shape index (κ3) is 8.25. The van der Waals surface area contributed by atoms with E-state index in [1.807, 2.05) is 20.8 Å². The van der Waals surface area contributed by atoms with Gasteiger partial charge in [-0.05, 0) is 18.3 Å². The summed E-state index contributed by atoms with van der Waals surface area (Å²) in [5.41, 5.74) is -1.80. The lowest BCUT2D eigenvalue weighted by Gasteiger charge is -2.30. The second-order valence-corrected chi connectivity index (χ2v) is 8.41. The number of phosphoric ester groups is 1. The molecule has 0 spiro atoms. The molecular weight excluding hydrogens is 378 g/mol. The van der Waals surface area contributed by atoms with E-state index in [1.165, 1.54) is 0 Å². The highest BCUT2D eigenvalue weighted by molar-refractivity contribution is 9.09. The zero-order valence-corrected chi connectivity index (χ0v) is 15.9. The van der Waals surface area contributed by atoms with E-state index in [-0.39, 0.29) is 5.41 Å². The van der Waals surface area contributed by atoms with E-state index in [0.29, 0.717) is 12.8 Å². The fourth-order valence-electron chi connectivity index (χ4n) is 0.775. The number of hydrogen-bond acceptors (Lipinski definition) is 4. The smallest absolute Gasteiger partial charge is 0.271 e. The summed E-state index contributed by atoms with van der Waals surface area (Å²) in [4.78, 5) is 0. The van der Waals surface area contributed by atoms with E-state index < -0.39 is 24.0 Å². The van der Waals surface area contributed by atoms with Crippen LogP contribution in [-0.4, -0.2) is 16.1 Å². The SMILES string of the molecule is CCC(Cl)OP(=O)(OC(Cl)CC)OC(Br)C(C)(C)C. The van der Waals surface area contributed by atoms with Gasteiger partial charge in [-0.2, -0.15) is 0 Å². The zero-order chi connectivity index (χ0) is 15.3. The lowest BCUT2D eigenvalue weighted by atomic mass is 9.99.